The van der Waals surface area contributed by atoms with Gasteiger partial charge in [0.2, 0.25) is 0 Å². The minimum atomic E-state index is -0.189. The molecule has 0 fully saturated rings. The summed E-state index contributed by atoms with van der Waals surface area (Å²) in [6, 6.07) is -0.189. The van der Waals surface area contributed by atoms with Crippen molar-refractivity contribution in [3.63, 3.8) is 0 Å². The number of hydrogen-bond donors (Lipinski definition) is 1. The van der Waals surface area contributed by atoms with Crippen LogP contribution in [0.25, 0.3) is 0 Å². The molecule has 1 N–H and O–H groups in total. The molecular weight excluding hydrogens is 190 g/mol. The van der Waals surface area contributed by atoms with Crippen LogP contribution in [0.15, 0.2) is 0 Å². The second-order valence-corrected chi connectivity index (χ2v) is 4.07. The van der Waals surface area contributed by atoms with Gasteiger partial charge in [0.15, 0.2) is 0 Å². The first-order chi connectivity index (χ1) is 7.15. The summed E-state index contributed by atoms with van der Waals surface area (Å²) < 4.78 is 4.66. The summed E-state index contributed by atoms with van der Waals surface area (Å²) in [6.45, 7) is 7.16. The maximum atomic E-state index is 11.1. The molecule has 0 radical (unpaired) electrons. The van der Waals surface area contributed by atoms with E-state index >= 15 is 0 Å². The van der Waals surface area contributed by atoms with E-state index in [-0.39, 0.29) is 12.0 Å². The average Bonchev–Trinajstić information content (AvgIpc) is 2.27. The second-order valence-electron chi connectivity index (χ2n) is 4.07. The molecule has 0 amide bonds. The Labute approximate surface area is 93.6 Å². The van der Waals surface area contributed by atoms with E-state index in [1.54, 1.807) is 0 Å². The summed E-state index contributed by atoms with van der Waals surface area (Å²) in [4.78, 5) is 11.1. The van der Waals surface area contributed by atoms with Crippen LogP contribution in [0, 0.1) is 5.92 Å². The minimum absolute atomic E-state index is 0.180. The molecule has 2 atom stereocenters. The SMILES string of the molecule is CCCCC(CC)CNC(C)C(=O)OC. The Hall–Kier alpha value is -0.570. The third-order valence-electron chi connectivity index (χ3n) is 2.81. The Balaban J connectivity index is 3.74. The smallest absolute Gasteiger partial charge is 0.322 e. The zero-order chi connectivity index (χ0) is 11.7. The molecule has 90 valence electrons. The molecule has 0 aromatic carbocycles. The monoisotopic (exact) mass is 215 g/mol. The van der Waals surface area contributed by atoms with Crippen molar-refractivity contribution >= 4 is 5.97 Å². The first-order valence-electron chi connectivity index (χ1n) is 5.96. The van der Waals surface area contributed by atoms with Crippen LogP contribution >= 0.6 is 0 Å². The highest BCUT2D eigenvalue weighted by Crippen LogP contribution is 2.11. The van der Waals surface area contributed by atoms with E-state index in [2.05, 4.69) is 23.9 Å². The predicted octanol–water partition coefficient (Wildman–Crippen LogP) is 2.35. The predicted molar refractivity (Wildman–Crippen MR) is 62.8 cm³/mol. The van der Waals surface area contributed by atoms with Crippen LogP contribution in [0.3, 0.4) is 0 Å². The summed E-state index contributed by atoms with van der Waals surface area (Å²) in [6.07, 6.45) is 4.92. The number of hydrogen-bond acceptors (Lipinski definition) is 3. The van der Waals surface area contributed by atoms with Gasteiger partial charge in [-0.3, -0.25) is 4.79 Å². The van der Waals surface area contributed by atoms with Crippen molar-refractivity contribution in [2.75, 3.05) is 13.7 Å². The van der Waals surface area contributed by atoms with Crippen LogP contribution in [0.1, 0.15) is 46.5 Å². The van der Waals surface area contributed by atoms with Crippen LogP contribution in [0.2, 0.25) is 0 Å². The van der Waals surface area contributed by atoms with Crippen molar-refractivity contribution in [2.24, 2.45) is 5.92 Å². The molecule has 0 saturated heterocycles. The van der Waals surface area contributed by atoms with E-state index in [4.69, 9.17) is 0 Å². The molecule has 0 aliphatic heterocycles. The van der Waals surface area contributed by atoms with Crippen LogP contribution in [0.5, 0.6) is 0 Å². The van der Waals surface area contributed by atoms with E-state index in [0.717, 1.165) is 6.54 Å². The molecule has 0 aromatic heterocycles. The topological polar surface area (TPSA) is 38.3 Å². The quantitative estimate of drug-likeness (QED) is 0.632. The van der Waals surface area contributed by atoms with Gasteiger partial charge < -0.3 is 10.1 Å². The Morgan fingerprint density at radius 2 is 2.07 bits per heavy atom. The summed E-state index contributed by atoms with van der Waals surface area (Å²) in [5.74, 6) is 0.498. The van der Waals surface area contributed by atoms with Crippen molar-refractivity contribution in [3.05, 3.63) is 0 Å². The van der Waals surface area contributed by atoms with Gasteiger partial charge in [-0.05, 0) is 25.8 Å². The normalized spacial score (nSPS) is 14.7. The molecule has 15 heavy (non-hydrogen) atoms. The first kappa shape index (κ1) is 14.4. The van der Waals surface area contributed by atoms with Crippen LogP contribution < -0.4 is 5.32 Å². The van der Waals surface area contributed by atoms with Crippen molar-refractivity contribution in [3.8, 4) is 0 Å². The van der Waals surface area contributed by atoms with Crippen molar-refractivity contribution < 1.29 is 9.53 Å². The summed E-state index contributed by atoms with van der Waals surface area (Å²) >= 11 is 0. The molecule has 3 heteroatoms. The fraction of sp³-hybridized carbons (Fsp3) is 0.917. The summed E-state index contributed by atoms with van der Waals surface area (Å²) in [5, 5.41) is 3.22. The van der Waals surface area contributed by atoms with Gasteiger partial charge in [0.25, 0.3) is 0 Å². The molecule has 0 rings (SSSR count). The molecule has 0 heterocycles. The van der Waals surface area contributed by atoms with Crippen LogP contribution in [0.4, 0.5) is 0 Å². The molecule has 0 aromatic rings. The largest absolute Gasteiger partial charge is 0.468 e. The molecule has 0 aliphatic rings. The minimum Gasteiger partial charge on any atom is -0.468 e. The van der Waals surface area contributed by atoms with Crippen molar-refractivity contribution in [2.45, 2.75) is 52.5 Å². The van der Waals surface area contributed by atoms with E-state index in [1.807, 2.05) is 6.92 Å². The van der Waals surface area contributed by atoms with Crippen LogP contribution in [-0.2, 0) is 9.53 Å². The second kappa shape index (κ2) is 8.72. The van der Waals surface area contributed by atoms with Crippen molar-refractivity contribution in [1.29, 1.82) is 0 Å². The van der Waals surface area contributed by atoms with Gasteiger partial charge >= 0.3 is 5.97 Å². The maximum Gasteiger partial charge on any atom is 0.322 e. The number of carbonyl (C=O) groups is 1. The van der Waals surface area contributed by atoms with Gasteiger partial charge in [-0.25, -0.2) is 0 Å². The van der Waals surface area contributed by atoms with Gasteiger partial charge in [-0.1, -0.05) is 33.1 Å². The van der Waals surface area contributed by atoms with Gasteiger partial charge in [-0.15, -0.1) is 0 Å². The lowest BCUT2D eigenvalue weighted by atomic mass is 9.99. The number of rotatable bonds is 8. The highest BCUT2D eigenvalue weighted by atomic mass is 16.5. The lowest BCUT2D eigenvalue weighted by Gasteiger charge is -2.18. The van der Waals surface area contributed by atoms with Crippen molar-refractivity contribution in [1.82, 2.24) is 5.32 Å². The van der Waals surface area contributed by atoms with Gasteiger partial charge in [0.05, 0.1) is 7.11 Å². The molecule has 0 aliphatic carbocycles. The zero-order valence-electron chi connectivity index (χ0n) is 10.5. The molecule has 3 nitrogen and oxygen atoms in total. The zero-order valence-corrected chi connectivity index (χ0v) is 10.5. The Morgan fingerprint density at radius 3 is 2.53 bits per heavy atom. The Morgan fingerprint density at radius 1 is 1.40 bits per heavy atom. The lowest BCUT2D eigenvalue weighted by molar-refractivity contribution is -0.142. The molecular formula is C12H25NO2. The van der Waals surface area contributed by atoms with Crippen LogP contribution in [-0.4, -0.2) is 25.7 Å². The summed E-state index contributed by atoms with van der Waals surface area (Å²) in [5.41, 5.74) is 0. The molecule has 0 spiro atoms. The highest BCUT2D eigenvalue weighted by molar-refractivity contribution is 5.75. The molecule has 2 unspecified atom stereocenters. The Bertz CT molecular complexity index is 171. The standard InChI is InChI=1S/C12H25NO2/c1-5-7-8-11(6-2)9-13-10(3)12(14)15-4/h10-11,13H,5-9H2,1-4H3. The third-order valence-corrected chi connectivity index (χ3v) is 2.81. The molecule has 0 bridgehead atoms. The van der Waals surface area contributed by atoms with E-state index in [0.29, 0.717) is 5.92 Å². The lowest BCUT2D eigenvalue weighted by Crippen LogP contribution is -2.37. The number of esters is 1. The highest BCUT2D eigenvalue weighted by Gasteiger charge is 2.14. The van der Waals surface area contributed by atoms with Gasteiger partial charge in [0.1, 0.15) is 6.04 Å². The molecule has 0 saturated carbocycles. The third kappa shape index (κ3) is 6.50. The number of unbranched alkanes of at least 4 members (excludes halogenated alkanes) is 1. The summed E-state index contributed by atoms with van der Waals surface area (Å²) in [7, 11) is 1.43. The van der Waals surface area contributed by atoms with Gasteiger partial charge in [0, 0.05) is 0 Å². The number of nitrogens with one attached hydrogen (secondary N) is 1. The fourth-order valence-electron chi connectivity index (χ4n) is 1.55. The first-order valence-corrected chi connectivity index (χ1v) is 5.96. The Kier molecular flexibility index (Phi) is 8.38. The average molecular weight is 215 g/mol. The maximum absolute atomic E-state index is 11.1. The van der Waals surface area contributed by atoms with E-state index in [1.165, 1.54) is 32.8 Å². The number of carbonyl (C=O) groups excluding carboxylic acids is 1. The van der Waals surface area contributed by atoms with E-state index < -0.39 is 0 Å². The number of methoxy groups -OCH3 is 1. The van der Waals surface area contributed by atoms with E-state index in [9.17, 15) is 4.79 Å². The van der Waals surface area contributed by atoms with Gasteiger partial charge in [-0.2, -0.15) is 0 Å². The number of ether oxygens (including phenoxy) is 1. The fourth-order valence-corrected chi connectivity index (χ4v) is 1.55.